The standard InChI is InChI=1S/C6H9N3.ClH/c1-4-6(7)3-8-5(2)9-4;/h3H,7H2,1-2H3;1H. The van der Waals surface area contributed by atoms with Crippen molar-refractivity contribution in [1.82, 2.24) is 9.97 Å². The third-order valence-electron chi connectivity index (χ3n) is 1.14. The van der Waals surface area contributed by atoms with Crippen LogP contribution in [0.5, 0.6) is 0 Å². The van der Waals surface area contributed by atoms with Crippen LogP contribution in [0.4, 0.5) is 5.69 Å². The van der Waals surface area contributed by atoms with Gasteiger partial charge in [0.15, 0.2) is 0 Å². The van der Waals surface area contributed by atoms with E-state index in [0.717, 1.165) is 11.5 Å². The Kier molecular flexibility index (Phi) is 3.09. The molecule has 0 aromatic carbocycles. The number of hydrogen-bond donors (Lipinski definition) is 1. The van der Waals surface area contributed by atoms with Crippen LogP contribution in [0.3, 0.4) is 0 Å². The molecular formula is C6H10ClN3. The monoisotopic (exact) mass is 159 g/mol. The minimum Gasteiger partial charge on any atom is -0.396 e. The van der Waals surface area contributed by atoms with Crippen LogP contribution in [-0.4, -0.2) is 9.97 Å². The summed E-state index contributed by atoms with van der Waals surface area (Å²) in [7, 11) is 0. The third kappa shape index (κ3) is 1.84. The fourth-order valence-corrected chi connectivity index (χ4v) is 0.592. The van der Waals surface area contributed by atoms with Gasteiger partial charge in [0.05, 0.1) is 17.6 Å². The van der Waals surface area contributed by atoms with Crippen LogP contribution in [0.15, 0.2) is 6.20 Å². The third-order valence-corrected chi connectivity index (χ3v) is 1.14. The molecule has 56 valence electrons. The van der Waals surface area contributed by atoms with E-state index in [1.165, 1.54) is 0 Å². The van der Waals surface area contributed by atoms with Gasteiger partial charge < -0.3 is 5.73 Å². The van der Waals surface area contributed by atoms with Crippen molar-refractivity contribution in [3.63, 3.8) is 0 Å². The number of nitrogens with zero attached hydrogens (tertiary/aromatic N) is 2. The molecule has 2 N–H and O–H groups in total. The zero-order valence-corrected chi connectivity index (χ0v) is 6.77. The number of hydrogen-bond acceptors (Lipinski definition) is 3. The molecule has 0 radical (unpaired) electrons. The summed E-state index contributed by atoms with van der Waals surface area (Å²) in [5.74, 6) is 0.765. The first-order valence-electron chi connectivity index (χ1n) is 2.76. The second-order valence-electron chi connectivity index (χ2n) is 1.96. The highest BCUT2D eigenvalue weighted by Gasteiger charge is 1.92. The molecule has 0 bridgehead atoms. The lowest BCUT2D eigenvalue weighted by atomic mass is 10.4. The van der Waals surface area contributed by atoms with Gasteiger partial charge in [-0.15, -0.1) is 12.4 Å². The van der Waals surface area contributed by atoms with Gasteiger partial charge in [-0.2, -0.15) is 0 Å². The Morgan fingerprint density at radius 2 is 2.00 bits per heavy atom. The molecular weight excluding hydrogens is 150 g/mol. The van der Waals surface area contributed by atoms with E-state index in [9.17, 15) is 0 Å². The van der Waals surface area contributed by atoms with Crippen LogP contribution in [0.1, 0.15) is 11.5 Å². The van der Waals surface area contributed by atoms with Crippen LogP contribution in [0.2, 0.25) is 0 Å². The van der Waals surface area contributed by atoms with E-state index >= 15 is 0 Å². The normalized spacial score (nSPS) is 8.60. The SMILES string of the molecule is Cc1ncc(N)c(C)n1.Cl. The summed E-state index contributed by atoms with van der Waals surface area (Å²) >= 11 is 0. The van der Waals surface area contributed by atoms with Gasteiger partial charge >= 0.3 is 0 Å². The molecule has 0 aliphatic carbocycles. The van der Waals surface area contributed by atoms with Crippen LogP contribution >= 0.6 is 12.4 Å². The van der Waals surface area contributed by atoms with Crippen molar-refractivity contribution in [3.05, 3.63) is 17.7 Å². The number of nitrogens with two attached hydrogens (primary N) is 1. The highest BCUT2D eigenvalue weighted by atomic mass is 35.5. The molecule has 0 fully saturated rings. The highest BCUT2D eigenvalue weighted by Crippen LogP contribution is 2.03. The van der Waals surface area contributed by atoms with Crippen molar-refractivity contribution < 1.29 is 0 Å². The first-order chi connectivity index (χ1) is 4.20. The molecule has 0 aliphatic rings. The average molecular weight is 160 g/mol. The van der Waals surface area contributed by atoms with Gasteiger partial charge in [0.1, 0.15) is 5.82 Å². The maximum atomic E-state index is 5.46. The first-order valence-corrected chi connectivity index (χ1v) is 2.76. The van der Waals surface area contributed by atoms with Crippen molar-refractivity contribution in [2.75, 3.05) is 5.73 Å². The summed E-state index contributed by atoms with van der Waals surface area (Å²) in [6.45, 7) is 3.70. The Hall–Kier alpha value is -0.830. The molecule has 0 aliphatic heterocycles. The Morgan fingerprint density at radius 1 is 1.40 bits per heavy atom. The van der Waals surface area contributed by atoms with Crippen molar-refractivity contribution >= 4 is 18.1 Å². The predicted molar refractivity (Wildman–Crippen MR) is 43.2 cm³/mol. The van der Waals surface area contributed by atoms with E-state index in [2.05, 4.69) is 9.97 Å². The molecule has 10 heavy (non-hydrogen) atoms. The molecule has 0 spiro atoms. The smallest absolute Gasteiger partial charge is 0.125 e. The van der Waals surface area contributed by atoms with E-state index in [0.29, 0.717) is 5.69 Å². The zero-order valence-electron chi connectivity index (χ0n) is 5.96. The van der Waals surface area contributed by atoms with Crippen LogP contribution in [0.25, 0.3) is 0 Å². The van der Waals surface area contributed by atoms with Crippen molar-refractivity contribution in [2.24, 2.45) is 0 Å². The van der Waals surface area contributed by atoms with Gasteiger partial charge in [-0.05, 0) is 13.8 Å². The topological polar surface area (TPSA) is 51.8 Å². The predicted octanol–water partition coefficient (Wildman–Crippen LogP) is 1.10. The lowest BCUT2D eigenvalue weighted by Crippen LogP contribution is -1.96. The molecule has 0 saturated carbocycles. The van der Waals surface area contributed by atoms with Crippen molar-refractivity contribution in [1.29, 1.82) is 0 Å². The molecule has 1 heterocycles. The summed E-state index contributed by atoms with van der Waals surface area (Å²) < 4.78 is 0. The molecule has 3 nitrogen and oxygen atoms in total. The van der Waals surface area contributed by atoms with Gasteiger partial charge in [0.2, 0.25) is 0 Å². The van der Waals surface area contributed by atoms with E-state index in [4.69, 9.17) is 5.73 Å². The fraction of sp³-hybridized carbons (Fsp3) is 0.333. The summed E-state index contributed by atoms with van der Waals surface area (Å²) in [5.41, 5.74) is 6.97. The fourth-order valence-electron chi connectivity index (χ4n) is 0.592. The Balaban J connectivity index is 0.000000810. The summed E-state index contributed by atoms with van der Waals surface area (Å²) in [6.07, 6.45) is 1.62. The minimum atomic E-state index is 0. The largest absolute Gasteiger partial charge is 0.396 e. The van der Waals surface area contributed by atoms with Gasteiger partial charge in [-0.1, -0.05) is 0 Å². The number of halogens is 1. The molecule has 0 unspecified atom stereocenters. The Morgan fingerprint density at radius 3 is 2.40 bits per heavy atom. The van der Waals surface area contributed by atoms with E-state index in [1.54, 1.807) is 6.20 Å². The van der Waals surface area contributed by atoms with E-state index in [-0.39, 0.29) is 12.4 Å². The van der Waals surface area contributed by atoms with E-state index < -0.39 is 0 Å². The lowest BCUT2D eigenvalue weighted by molar-refractivity contribution is 1.02. The van der Waals surface area contributed by atoms with Crippen LogP contribution < -0.4 is 5.73 Å². The molecule has 0 saturated heterocycles. The second-order valence-corrected chi connectivity index (χ2v) is 1.96. The average Bonchev–Trinajstić information content (AvgIpc) is 1.80. The van der Waals surface area contributed by atoms with Crippen molar-refractivity contribution in [3.8, 4) is 0 Å². The molecule has 0 atom stereocenters. The minimum absolute atomic E-state index is 0. The lowest BCUT2D eigenvalue weighted by Gasteiger charge is -1.96. The maximum absolute atomic E-state index is 5.46. The Bertz CT molecular complexity index is 224. The number of nitrogen functional groups attached to an aromatic ring is 1. The van der Waals surface area contributed by atoms with Crippen LogP contribution in [0, 0.1) is 13.8 Å². The highest BCUT2D eigenvalue weighted by molar-refractivity contribution is 5.85. The summed E-state index contributed by atoms with van der Waals surface area (Å²) in [5, 5.41) is 0. The molecule has 1 aromatic rings. The van der Waals surface area contributed by atoms with Gasteiger partial charge in [-0.25, -0.2) is 9.97 Å². The summed E-state index contributed by atoms with van der Waals surface area (Å²) in [6, 6.07) is 0. The van der Waals surface area contributed by atoms with E-state index in [1.807, 2.05) is 13.8 Å². The molecule has 1 aromatic heterocycles. The molecule has 1 rings (SSSR count). The zero-order chi connectivity index (χ0) is 6.85. The Labute approximate surface area is 66.1 Å². The van der Waals surface area contributed by atoms with Crippen molar-refractivity contribution in [2.45, 2.75) is 13.8 Å². The molecule has 4 heteroatoms. The quantitative estimate of drug-likeness (QED) is 0.617. The van der Waals surface area contributed by atoms with Gasteiger partial charge in [0, 0.05) is 0 Å². The number of rotatable bonds is 0. The second kappa shape index (κ2) is 3.37. The maximum Gasteiger partial charge on any atom is 0.125 e. The number of aromatic nitrogens is 2. The first kappa shape index (κ1) is 9.17. The number of aryl methyl sites for hydroxylation is 2. The van der Waals surface area contributed by atoms with Gasteiger partial charge in [0.25, 0.3) is 0 Å². The number of anilines is 1. The molecule has 0 amide bonds. The summed E-state index contributed by atoms with van der Waals surface area (Å²) in [4.78, 5) is 7.94. The van der Waals surface area contributed by atoms with Gasteiger partial charge in [-0.3, -0.25) is 0 Å². The van der Waals surface area contributed by atoms with Crippen LogP contribution in [-0.2, 0) is 0 Å².